The van der Waals surface area contributed by atoms with Crippen molar-refractivity contribution in [1.82, 2.24) is 10.2 Å². The highest BCUT2D eigenvalue weighted by molar-refractivity contribution is 5.78. The monoisotopic (exact) mass is 218 g/mol. The summed E-state index contributed by atoms with van der Waals surface area (Å²) >= 11 is 0. The van der Waals surface area contributed by atoms with Gasteiger partial charge in [0.2, 0.25) is 5.91 Å². The number of carbonyl (C=O) groups excluding carboxylic acids is 1. The van der Waals surface area contributed by atoms with Gasteiger partial charge in [-0.3, -0.25) is 4.79 Å². The molecule has 1 aliphatic heterocycles. The molecule has 0 saturated carbocycles. The fourth-order valence-corrected chi connectivity index (χ4v) is 2.10. The molecule has 0 unspecified atom stereocenters. The van der Waals surface area contributed by atoms with Crippen LogP contribution in [-0.2, 0) is 24.2 Å². The summed E-state index contributed by atoms with van der Waals surface area (Å²) in [6, 6.07) is 6.26. The number of amides is 1. The summed E-state index contributed by atoms with van der Waals surface area (Å²) in [5.74, 6) is 0.173. The largest absolute Gasteiger partial charge is 0.349 e. The first-order valence-electron chi connectivity index (χ1n) is 5.69. The summed E-state index contributed by atoms with van der Waals surface area (Å²) in [6.45, 7) is 1.94. The highest BCUT2D eigenvalue weighted by atomic mass is 16.2. The van der Waals surface area contributed by atoms with E-state index in [1.165, 1.54) is 16.7 Å². The Labute approximate surface area is 96.5 Å². The van der Waals surface area contributed by atoms with Crippen molar-refractivity contribution >= 4 is 5.91 Å². The van der Waals surface area contributed by atoms with Crippen LogP contribution in [0.4, 0.5) is 0 Å². The first-order chi connectivity index (χ1) is 7.68. The fraction of sp³-hybridized carbons (Fsp3) is 0.462. The van der Waals surface area contributed by atoms with Gasteiger partial charge in [0, 0.05) is 20.6 Å². The van der Waals surface area contributed by atoms with Crippen molar-refractivity contribution in [3.8, 4) is 0 Å². The Bertz CT molecular complexity index is 399. The van der Waals surface area contributed by atoms with E-state index in [9.17, 15) is 4.79 Å². The molecular formula is C13H18N2O. The second-order valence-electron chi connectivity index (χ2n) is 4.45. The number of nitrogens with one attached hydrogen (secondary N) is 1. The zero-order chi connectivity index (χ0) is 11.5. The third-order valence-electron chi connectivity index (χ3n) is 3.08. The second kappa shape index (κ2) is 4.66. The molecule has 0 atom stereocenters. The first kappa shape index (κ1) is 11.1. The van der Waals surface area contributed by atoms with E-state index in [1.807, 2.05) is 6.07 Å². The molecule has 0 bridgehead atoms. The maximum absolute atomic E-state index is 11.7. The van der Waals surface area contributed by atoms with Crippen LogP contribution in [0.15, 0.2) is 18.2 Å². The van der Waals surface area contributed by atoms with Crippen LogP contribution in [0.25, 0.3) is 0 Å². The Balaban J connectivity index is 2.24. The normalized spacial score (nSPS) is 14.4. The number of hydrogen-bond acceptors (Lipinski definition) is 2. The van der Waals surface area contributed by atoms with E-state index >= 15 is 0 Å². The number of hydrogen-bond donors (Lipinski definition) is 1. The molecule has 1 amide bonds. The lowest BCUT2D eigenvalue weighted by molar-refractivity contribution is -0.127. The van der Waals surface area contributed by atoms with Crippen molar-refractivity contribution < 1.29 is 4.79 Å². The Morgan fingerprint density at radius 3 is 3.00 bits per heavy atom. The van der Waals surface area contributed by atoms with Gasteiger partial charge >= 0.3 is 0 Å². The van der Waals surface area contributed by atoms with Gasteiger partial charge in [0.1, 0.15) is 0 Å². The van der Waals surface area contributed by atoms with Gasteiger partial charge < -0.3 is 10.2 Å². The summed E-state index contributed by atoms with van der Waals surface area (Å²) in [5.41, 5.74) is 3.91. The number of benzene rings is 1. The molecule has 0 spiro atoms. The molecular weight excluding hydrogens is 200 g/mol. The van der Waals surface area contributed by atoms with Gasteiger partial charge in [-0.15, -0.1) is 0 Å². The van der Waals surface area contributed by atoms with Gasteiger partial charge in [0.25, 0.3) is 0 Å². The summed E-state index contributed by atoms with van der Waals surface area (Å²) < 4.78 is 0. The smallest absolute Gasteiger partial charge is 0.226 e. The predicted molar refractivity (Wildman–Crippen MR) is 64.3 cm³/mol. The minimum atomic E-state index is 0.173. The molecule has 0 radical (unpaired) electrons. The number of nitrogens with zero attached hydrogens (tertiary/aromatic N) is 1. The van der Waals surface area contributed by atoms with Crippen molar-refractivity contribution in [2.75, 3.05) is 20.6 Å². The molecule has 3 nitrogen and oxygen atoms in total. The van der Waals surface area contributed by atoms with E-state index in [2.05, 4.69) is 17.4 Å². The molecule has 1 aliphatic rings. The highest BCUT2D eigenvalue weighted by Gasteiger charge is 2.14. The lowest BCUT2D eigenvalue weighted by Gasteiger charge is -2.21. The average molecular weight is 218 g/mol. The van der Waals surface area contributed by atoms with E-state index in [-0.39, 0.29) is 5.91 Å². The molecule has 1 aromatic rings. The molecule has 2 rings (SSSR count). The third kappa shape index (κ3) is 2.25. The molecule has 3 heteroatoms. The quantitative estimate of drug-likeness (QED) is 0.802. The zero-order valence-corrected chi connectivity index (χ0v) is 9.92. The van der Waals surface area contributed by atoms with E-state index in [4.69, 9.17) is 0 Å². The third-order valence-corrected chi connectivity index (χ3v) is 3.08. The van der Waals surface area contributed by atoms with Crippen LogP contribution in [0.1, 0.15) is 16.7 Å². The molecule has 1 aromatic carbocycles. The molecule has 0 fully saturated rings. The average Bonchev–Trinajstić information content (AvgIpc) is 2.29. The van der Waals surface area contributed by atoms with E-state index in [0.717, 1.165) is 19.5 Å². The Morgan fingerprint density at radius 1 is 1.44 bits per heavy atom. The number of carbonyl (C=O) groups is 1. The lowest BCUT2D eigenvalue weighted by atomic mass is 9.93. The van der Waals surface area contributed by atoms with Crippen molar-refractivity contribution in [3.05, 3.63) is 34.9 Å². The van der Waals surface area contributed by atoms with Gasteiger partial charge in [0.05, 0.1) is 6.42 Å². The van der Waals surface area contributed by atoms with Crippen molar-refractivity contribution in [2.24, 2.45) is 0 Å². The maximum atomic E-state index is 11.7. The van der Waals surface area contributed by atoms with Crippen LogP contribution in [0.3, 0.4) is 0 Å². The molecule has 0 aliphatic carbocycles. The van der Waals surface area contributed by atoms with Crippen molar-refractivity contribution in [1.29, 1.82) is 0 Å². The minimum Gasteiger partial charge on any atom is -0.349 e. The molecule has 0 aromatic heterocycles. The topological polar surface area (TPSA) is 32.3 Å². The summed E-state index contributed by atoms with van der Waals surface area (Å²) in [6.07, 6.45) is 1.56. The van der Waals surface area contributed by atoms with Gasteiger partial charge in [0.15, 0.2) is 0 Å². The van der Waals surface area contributed by atoms with Crippen molar-refractivity contribution in [2.45, 2.75) is 19.4 Å². The van der Waals surface area contributed by atoms with E-state index in [0.29, 0.717) is 6.42 Å². The molecule has 0 saturated heterocycles. The van der Waals surface area contributed by atoms with Crippen LogP contribution in [-0.4, -0.2) is 31.4 Å². The van der Waals surface area contributed by atoms with Crippen molar-refractivity contribution in [3.63, 3.8) is 0 Å². The SMILES string of the molecule is CN(C)C(=O)Cc1cccc2c1CCNC2. The van der Waals surface area contributed by atoms with E-state index < -0.39 is 0 Å². The van der Waals surface area contributed by atoms with Crippen LogP contribution in [0, 0.1) is 0 Å². The lowest BCUT2D eigenvalue weighted by Crippen LogP contribution is -2.27. The van der Waals surface area contributed by atoms with Crippen LogP contribution >= 0.6 is 0 Å². The molecule has 1 N–H and O–H groups in total. The zero-order valence-electron chi connectivity index (χ0n) is 9.92. The maximum Gasteiger partial charge on any atom is 0.226 e. The van der Waals surface area contributed by atoms with Crippen LogP contribution < -0.4 is 5.32 Å². The molecule has 86 valence electrons. The second-order valence-corrected chi connectivity index (χ2v) is 4.45. The van der Waals surface area contributed by atoms with Gasteiger partial charge in [-0.2, -0.15) is 0 Å². The highest BCUT2D eigenvalue weighted by Crippen LogP contribution is 2.19. The minimum absolute atomic E-state index is 0.173. The van der Waals surface area contributed by atoms with Gasteiger partial charge in [-0.1, -0.05) is 18.2 Å². The number of likely N-dealkylation sites (N-methyl/N-ethyl adjacent to an activating group) is 1. The Hall–Kier alpha value is -1.35. The van der Waals surface area contributed by atoms with Gasteiger partial charge in [-0.05, 0) is 29.7 Å². The summed E-state index contributed by atoms with van der Waals surface area (Å²) in [5, 5.41) is 3.35. The van der Waals surface area contributed by atoms with E-state index in [1.54, 1.807) is 19.0 Å². The molecule has 1 heterocycles. The van der Waals surface area contributed by atoms with Gasteiger partial charge in [-0.25, -0.2) is 0 Å². The summed E-state index contributed by atoms with van der Waals surface area (Å²) in [7, 11) is 3.61. The number of fused-ring (bicyclic) bond motifs is 1. The first-order valence-corrected chi connectivity index (χ1v) is 5.69. The summed E-state index contributed by atoms with van der Waals surface area (Å²) in [4.78, 5) is 13.4. The standard InChI is InChI=1S/C13H18N2O/c1-15(2)13(16)8-10-4-3-5-11-9-14-7-6-12(10)11/h3-5,14H,6-9H2,1-2H3. The number of rotatable bonds is 2. The van der Waals surface area contributed by atoms with Crippen LogP contribution in [0.2, 0.25) is 0 Å². The van der Waals surface area contributed by atoms with Crippen LogP contribution in [0.5, 0.6) is 0 Å². The fourth-order valence-electron chi connectivity index (χ4n) is 2.10. The predicted octanol–water partition coefficient (Wildman–Crippen LogP) is 0.963. The Morgan fingerprint density at radius 2 is 2.25 bits per heavy atom. The Kier molecular flexibility index (Phi) is 3.25. The molecule has 16 heavy (non-hydrogen) atoms.